The summed E-state index contributed by atoms with van der Waals surface area (Å²) in [5.74, 6) is 0. The Morgan fingerprint density at radius 1 is 1.07 bits per heavy atom. The standard InChI is InChI=1S/C23H31N3O2/c1-14-15-10-11-26-19(27)28-23(12-20(2,3)25-21(4,5)13-23)22(26,6)16-8-7-9-17(24-14)18(15)16/h7-9,24-25H,10-13H2,1-6H3/t22-/m1/s1. The molecule has 0 bridgehead atoms. The van der Waals surface area contributed by atoms with Crippen molar-refractivity contribution in [3.8, 4) is 0 Å². The molecule has 3 aliphatic rings. The molecule has 0 radical (unpaired) electrons. The van der Waals surface area contributed by atoms with E-state index in [9.17, 15) is 4.79 Å². The van der Waals surface area contributed by atoms with Gasteiger partial charge in [0.1, 0.15) is 11.1 Å². The van der Waals surface area contributed by atoms with Crippen LogP contribution < -0.4 is 5.32 Å². The predicted molar refractivity (Wildman–Crippen MR) is 111 cm³/mol. The minimum absolute atomic E-state index is 0.127. The van der Waals surface area contributed by atoms with Crippen LogP contribution in [0.25, 0.3) is 10.9 Å². The van der Waals surface area contributed by atoms with Crippen molar-refractivity contribution in [3.63, 3.8) is 0 Å². The lowest BCUT2D eigenvalue weighted by molar-refractivity contribution is -0.0880. The van der Waals surface area contributed by atoms with E-state index in [-0.39, 0.29) is 17.2 Å². The fourth-order valence-corrected chi connectivity index (χ4v) is 6.76. The summed E-state index contributed by atoms with van der Waals surface area (Å²) in [6, 6.07) is 6.47. The van der Waals surface area contributed by atoms with Crippen LogP contribution in [0.5, 0.6) is 0 Å². The van der Waals surface area contributed by atoms with E-state index in [1.165, 1.54) is 22.2 Å². The molecule has 0 aliphatic carbocycles. The molecule has 0 unspecified atom stereocenters. The van der Waals surface area contributed by atoms with Crippen LogP contribution in [0.3, 0.4) is 0 Å². The van der Waals surface area contributed by atoms with E-state index in [4.69, 9.17) is 4.74 Å². The Morgan fingerprint density at radius 3 is 2.43 bits per heavy atom. The van der Waals surface area contributed by atoms with Gasteiger partial charge in [-0.3, -0.25) is 4.90 Å². The maximum Gasteiger partial charge on any atom is 0.411 e. The highest BCUT2D eigenvalue weighted by molar-refractivity contribution is 5.91. The number of nitrogens with zero attached hydrogens (tertiary/aromatic N) is 1. The number of aromatic nitrogens is 1. The topological polar surface area (TPSA) is 57.4 Å². The molecule has 150 valence electrons. The number of hydrogen-bond donors (Lipinski definition) is 2. The van der Waals surface area contributed by atoms with Crippen molar-refractivity contribution in [2.75, 3.05) is 6.54 Å². The zero-order valence-corrected chi connectivity index (χ0v) is 17.8. The number of benzene rings is 1. The third-order valence-corrected chi connectivity index (χ3v) is 7.31. The Hall–Kier alpha value is -2.01. The Labute approximate surface area is 166 Å². The summed E-state index contributed by atoms with van der Waals surface area (Å²) in [7, 11) is 0. The first-order valence-electron chi connectivity index (χ1n) is 10.4. The van der Waals surface area contributed by atoms with Gasteiger partial charge >= 0.3 is 6.09 Å². The maximum atomic E-state index is 13.2. The first-order chi connectivity index (χ1) is 13.0. The molecule has 1 aromatic carbocycles. The molecule has 0 saturated carbocycles. The third-order valence-electron chi connectivity index (χ3n) is 7.31. The van der Waals surface area contributed by atoms with Gasteiger partial charge in [-0.05, 0) is 65.2 Å². The van der Waals surface area contributed by atoms with Crippen molar-refractivity contribution in [1.82, 2.24) is 15.2 Å². The Morgan fingerprint density at radius 2 is 1.75 bits per heavy atom. The second kappa shape index (κ2) is 5.12. The highest BCUT2D eigenvalue weighted by Crippen LogP contribution is 2.58. The maximum absolute atomic E-state index is 13.2. The number of ether oxygens (including phenoxy) is 1. The minimum atomic E-state index is -0.566. The summed E-state index contributed by atoms with van der Waals surface area (Å²) in [6.45, 7) is 14.0. The van der Waals surface area contributed by atoms with Crippen LogP contribution in [0.2, 0.25) is 0 Å². The van der Waals surface area contributed by atoms with Crippen molar-refractivity contribution in [2.45, 2.75) is 83.0 Å². The second-order valence-corrected chi connectivity index (χ2v) is 10.5. The van der Waals surface area contributed by atoms with Gasteiger partial charge in [0.15, 0.2) is 0 Å². The summed E-state index contributed by atoms with van der Waals surface area (Å²) in [4.78, 5) is 18.8. The van der Waals surface area contributed by atoms with Crippen molar-refractivity contribution in [2.24, 2.45) is 0 Å². The first-order valence-corrected chi connectivity index (χ1v) is 10.4. The van der Waals surface area contributed by atoms with Crippen LogP contribution in [0.4, 0.5) is 4.79 Å². The van der Waals surface area contributed by atoms with E-state index in [1.807, 2.05) is 4.90 Å². The van der Waals surface area contributed by atoms with Crippen molar-refractivity contribution < 1.29 is 9.53 Å². The van der Waals surface area contributed by atoms with Crippen molar-refractivity contribution in [1.29, 1.82) is 0 Å². The monoisotopic (exact) mass is 381 g/mol. The Balaban J connectivity index is 1.82. The van der Waals surface area contributed by atoms with Gasteiger partial charge in [0.2, 0.25) is 0 Å². The molecule has 2 N–H and O–H groups in total. The van der Waals surface area contributed by atoms with E-state index in [1.54, 1.807) is 0 Å². The van der Waals surface area contributed by atoms with Gasteiger partial charge in [-0.2, -0.15) is 0 Å². The van der Waals surface area contributed by atoms with Crippen LogP contribution in [0.1, 0.15) is 64.3 Å². The predicted octanol–water partition coefficient (Wildman–Crippen LogP) is 4.38. The van der Waals surface area contributed by atoms with E-state index in [2.05, 4.69) is 70.0 Å². The van der Waals surface area contributed by atoms with Crippen LogP contribution in [-0.2, 0) is 16.7 Å². The summed E-state index contributed by atoms with van der Waals surface area (Å²) in [6.07, 6.45) is 2.27. The molecule has 5 rings (SSSR count). The first kappa shape index (κ1) is 18.0. The molecule has 2 aromatic rings. The fourth-order valence-electron chi connectivity index (χ4n) is 6.76. The molecule has 1 atom stereocenters. The van der Waals surface area contributed by atoms with E-state index in [0.717, 1.165) is 24.8 Å². The van der Waals surface area contributed by atoms with Gasteiger partial charge in [0.25, 0.3) is 0 Å². The van der Waals surface area contributed by atoms with Crippen LogP contribution in [-0.4, -0.2) is 39.2 Å². The van der Waals surface area contributed by atoms with Crippen molar-refractivity contribution in [3.05, 3.63) is 35.0 Å². The van der Waals surface area contributed by atoms with E-state index < -0.39 is 11.1 Å². The Bertz CT molecular complexity index is 987. The summed E-state index contributed by atoms with van der Waals surface area (Å²) in [5.41, 5.74) is 3.62. The van der Waals surface area contributed by atoms with Crippen LogP contribution >= 0.6 is 0 Å². The molecule has 1 spiro atoms. The molecule has 1 aromatic heterocycles. The number of nitrogens with one attached hydrogen (secondary N) is 2. The van der Waals surface area contributed by atoms with Gasteiger partial charge in [-0.1, -0.05) is 12.1 Å². The number of hydrogen-bond acceptors (Lipinski definition) is 3. The highest BCUT2D eigenvalue weighted by atomic mass is 16.6. The molecule has 2 saturated heterocycles. The molecule has 2 fully saturated rings. The summed E-state index contributed by atoms with van der Waals surface area (Å²) < 4.78 is 6.36. The number of piperidine rings is 1. The lowest BCUT2D eigenvalue weighted by atomic mass is 9.62. The average Bonchev–Trinajstić information content (AvgIpc) is 2.88. The SMILES string of the molecule is Cc1[nH]c2cccc3c2c1CCN1C(=O)OC2(CC(C)(C)NC(C)(C)C2)[C@@]31C. The van der Waals surface area contributed by atoms with Gasteiger partial charge in [-0.15, -0.1) is 0 Å². The average molecular weight is 382 g/mol. The number of aryl methyl sites for hydroxylation is 1. The van der Waals surface area contributed by atoms with Crippen LogP contribution in [0, 0.1) is 6.92 Å². The smallest absolute Gasteiger partial charge is 0.411 e. The number of amides is 1. The zero-order valence-electron chi connectivity index (χ0n) is 17.8. The fraction of sp³-hybridized carbons (Fsp3) is 0.609. The van der Waals surface area contributed by atoms with Gasteiger partial charge in [0.05, 0.1) is 0 Å². The van der Waals surface area contributed by atoms with Crippen molar-refractivity contribution >= 4 is 17.0 Å². The number of aromatic amines is 1. The molecule has 3 aliphatic heterocycles. The van der Waals surface area contributed by atoms with Gasteiger partial charge in [-0.25, -0.2) is 4.79 Å². The van der Waals surface area contributed by atoms with Gasteiger partial charge < -0.3 is 15.0 Å². The number of carbonyl (C=O) groups excluding carboxylic acids is 1. The largest absolute Gasteiger partial charge is 0.440 e. The molecular weight excluding hydrogens is 350 g/mol. The molecule has 1 amide bonds. The second-order valence-electron chi connectivity index (χ2n) is 10.5. The lowest BCUT2D eigenvalue weighted by Crippen LogP contribution is -2.68. The highest BCUT2D eigenvalue weighted by Gasteiger charge is 2.68. The van der Waals surface area contributed by atoms with Crippen LogP contribution in [0.15, 0.2) is 18.2 Å². The molecular formula is C23H31N3O2. The number of carbonyl (C=O) groups is 1. The Kier molecular flexibility index (Phi) is 3.30. The zero-order chi connectivity index (χ0) is 20.1. The molecule has 5 nitrogen and oxygen atoms in total. The van der Waals surface area contributed by atoms with E-state index in [0.29, 0.717) is 6.54 Å². The quantitative estimate of drug-likeness (QED) is 0.712. The molecule has 4 heterocycles. The third kappa shape index (κ3) is 2.14. The minimum Gasteiger partial charge on any atom is -0.440 e. The number of fused-ring (bicyclic) bond motifs is 3. The molecule has 28 heavy (non-hydrogen) atoms. The normalized spacial score (nSPS) is 29.6. The molecule has 5 heteroatoms. The van der Waals surface area contributed by atoms with E-state index >= 15 is 0 Å². The number of H-pyrrole nitrogens is 1. The summed E-state index contributed by atoms with van der Waals surface area (Å²) >= 11 is 0. The van der Waals surface area contributed by atoms with Gasteiger partial charge in [0, 0.05) is 47.1 Å². The lowest BCUT2D eigenvalue weighted by Gasteiger charge is -2.55. The summed E-state index contributed by atoms with van der Waals surface area (Å²) in [5, 5.41) is 5.05. The number of rotatable bonds is 0.